The van der Waals surface area contributed by atoms with Gasteiger partial charge >= 0.3 is 9.05 Å². The summed E-state index contributed by atoms with van der Waals surface area (Å²) in [5.41, 5.74) is -0.775. The van der Waals surface area contributed by atoms with Gasteiger partial charge in [-0.25, -0.2) is 0 Å². The minimum absolute atomic E-state index is 0.0184. The molecule has 0 aliphatic carbocycles. The number of hydrogen-bond donors (Lipinski definition) is 0. The van der Waals surface area contributed by atoms with Gasteiger partial charge in [-0.1, -0.05) is 0 Å². The van der Waals surface area contributed by atoms with Gasteiger partial charge in [-0.15, -0.1) is 0 Å². The minimum atomic E-state index is -3.19. The topological polar surface area (TPSA) is 36.9 Å². The molecule has 0 aliphatic heterocycles. The normalized spacial score (nSPS) is 14.5. The van der Waals surface area contributed by atoms with E-state index in [1.165, 1.54) is 0 Å². The van der Waals surface area contributed by atoms with E-state index in [0.717, 1.165) is 0 Å². The second kappa shape index (κ2) is 6.67. The maximum Gasteiger partial charge on any atom is 0.681 e. The van der Waals surface area contributed by atoms with Crippen LogP contribution in [0.2, 0.25) is 0 Å². The maximum absolute atomic E-state index is 6.10. The van der Waals surface area contributed by atoms with E-state index >= 15 is 0 Å². The van der Waals surface area contributed by atoms with Crippen LogP contribution in [0.1, 0.15) is 69.2 Å². The summed E-state index contributed by atoms with van der Waals surface area (Å²) in [5.74, 6) is 0. The molecule has 116 valence electrons. The lowest BCUT2D eigenvalue weighted by molar-refractivity contribution is -0.125. The van der Waals surface area contributed by atoms with Crippen molar-refractivity contribution in [2.75, 3.05) is 0 Å². The zero-order valence-corrected chi connectivity index (χ0v) is 15.3. The van der Waals surface area contributed by atoms with Gasteiger partial charge in [0.2, 0.25) is 0 Å². The Labute approximate surface area is 120 Å². The number of rotatable bonds is 6. The first-order valence-corrected chi connectivity index (χ1v) is 8.64. The summed E-state index contributed by atoms with van der Waals surface area (Å²) in [6.45, 7) is 19.7. The molecule has 0 radical (unpaired) electrons. The summed E-state index contributed by atoms with van der Waals surface area (Å²) in [6, 6.07) is 0. The molecular weight excluding hydrogens is 260 g/mol. The van der Waals surface area contributed by atoms with Gasteiger partial charge in [-0.3, -0.25) is 0 Å². The Morgan fingerprint density at radius 2 is 0.895 bits per heavy atom. The van der Waals surface area contributed by atoms with E-state index < -0.39 is 9.05 Å². The van der Waals surface area contributed by atoms with Crippen molar-refractivity contribution in [2.24, 2.45) is 0 Å². The van der Waals surface area contributed by atoms with Crippen molar-refractivity contribution in [1.29, 1.82) is 0 Å². The van der Waals surface area contributed by atoms with Crippen LogP contribution in [0.15, 0.2) is 0 Å². The highest BCUT2D eigenvalue weighted by Crippen LogP contribution is 2.27. The number of hydrogen-bond acceptors (Lipinski definition) is 4. The quantitative estimate of drug-likeness (QED) is 0.696. The van der Waals surface area contributed by atoms with Crippen molar-refractivity contribution in [3.63, 3.8) is 0 Å². The Kier molecular flexibility index (Phi) is 6.69. The van der Waals surface area contributed by atoms with Crippen molar-refractivity contribution in [2.45, 2.75) is 92.6 Å². The van der Waals surface area contributed by atoms with Crippen molar-refractivity contribution < 1.29 is 17.7 Å². The SMILES string of the molecule is CC(C)O[Si](OC(C)C)(OC(C)(C)C)OC(C)(C)C. The van der Waals surface area contributed by atoms with Gasteiger partial charge in [0.05, 0.1) is 11.2 Å². The highest BCUT2D eigenvalue weighted by Gasteiger charge is 2.53. The van der Waals surface area contributed by atoms with E-state index in [4.69, 9.17) is 17.7 Å². The van der Waals surface area contributed by atoms with Crippen LogP contribution in [0.5, 0.6) is 0 Å². The lowest BCUT2D eigenvalue weighted by Gasteiger charge is -2.39. The van der Waals surface area contributed by atoms with Gasteiger partial charge in [-0.05, 0) is 69.2 Å². The van der Waals surface area contributed by atoms with E-state index in [-0.39, 0.29) is 23.4 Å². The largest absolute Gasteiger partial charge is 0.681 e. The van der Waals surface area contributed by atoms with Gasteiger partial charge in [0, 0.05) is 12.2 Å². The van der Waals surface area contributed by atoms with E-state index in [9.17, 15) is 0 Å². The fourth-order valence-electron chi connectivity index (χ4n) is 1.47. The molecule has 0 fully saturated rings. The molecule has 0 aromatic rings. The van der Waals surface area contributed by atoms with Crippen LogP contribution in [0.3, 0.4) is 0 Å². The van der Waals surface area contributed by atoms with Crippen LogP contribution < -0.4 is 0 Å². The van der Waals surface area contributed by atoms with Crippen LogP contribution in [0, 0.1) is 0 Å². The molecule has 0 rings (SSSR count). The highest BCUT2D eigenvalue weighted by atomic mass is 28.4. The first kappa shape index (κ1) is 19.1. The van der Waals surface area contributed by atoms with Crippen molar-refractivity contribution >= 4 is 9.05 Å². The van der Waals surface area contributed by atoms with E-state index in [2.05, 4.69) is 0 Å². The molecular formula is C14H32O4Si. The fourth-order valence-corrected chi connectivity index (χ4v) is 4.42. The Hall–Kier alpha value is 0.0569. The highest BCUT2D eigenvalue weighted by molar-refractivity contribution is 6.53. The van der Waals surface area contributed by atoms with Crippen LogP contribution in [0.4, 0.5) is 0 Å². The van der Waals surface area contributed by atoms with E-state index in [1.807, 2.05) is 69.2 Å². The standard InChI is InChI=1S/C14H32O4Si/c1-11(2)15-19(16-12(3)4,17-13(5,6)7)18-14(8,9)10/h11-12H,1-10H3. The van der Waals surface area contributed by atoms with Crippen molar-refractivity contribution in [1.82, 2.24) is 0 Å². The third kappa shape index (κ3) is 9.57. The maximum atomic E-state index is 6.10. The molecule has 0 amide bonds. The summed E-state index contributed by atoms with van der Waals surface area (Å²) in [4.78, 5) is 0. The lowest BCUT2D eigenvalue weighted by atomic mass is 10.2. The van der Waals surface area contributed by atoms with E-state index in [1.54, 1.807) is 0 Å². The second-order valence-electron chi connectivity index (χ2n) is 7.26. The molecule has 0 aliphatic rings. The smallest absolute Gasteiger partial charge is 0.349 e. The first-order chi connectivity index (χ1) is 8.25. The zero-order valence-electron chi connectivity index (χ0n) is 14.3. The molecule has 0 N–H and O–H groups in total. The van der Waals surface area contributed by atoms with Crippen LogP contribution in [0.25, 0.3) is 0 Å². The molecule has 0 atom stereocenters. The predicted molar refractivity (Wildman–Crippen MR) is 79.9 cm³/mol. The summed E-state index contributed by atoms with van der Waals surface area (Å²) in [7, 11) is -3.19. The monoisotopic (exact) mass is 292 g/mol. The Morgan fingerprint density at radius 3 is 1.05 bits per heavy atom. The molecule has 0 heterocycles. The van der Waals surface area contributed by atoms with Gasteiger partial charge in [0.15, 0.2) is 0 Å². The van der Waals surface area contributed by atoms with Gasteiger partial charge in [0.25, 0.3) is 0 Å². The third-order valence-electron chi connectivity index (χ3n) is 1.62. The first-order valence-electron chi connectivity index (χ1n) is 7.01. The third-order valence-corrected chi connectivity index (χ3v) is 4.87. The molecule has 5 heteroatoms. The van der Waals surface area contributed by atoms with Gasteiger partial charge in [-0.2, -0.15) is 0 Å². The molecule has 0 aromatic carbocycles. The fraction of sp³-hybridized carbons (Fsp3) is 1.00. The van der Waals surface area contributed by atoms with Crippen LogP contribution >= 0.6 is 0 Å². The zero-order chi connectivity index (χ0) is 15.5. The molecule has 0 saturated carbocycles. The summed E-state index contributed by atoms with van der Waals surface area (Å²) < 4.78 is 24.1. The van der Waals surface area contributed by atoms with Crippen LogP contribution in [-0.2, 0) is 17.7 Å². The predicted octanol–water partition coefficient (Wildman–Crippen LogP) is 3.90. The van der Waals surface area contributed by atoms with Crippen molar-refractivity contribution in [3.05, 3.63) is 0 Å². The summed E-state index contributed by atoms with van der Waals surface area (Å²) in [5, 5.41) is 0. The van der Waals surface area contributed by atoms with Gasteiger partial charge in [0.1, 0.15) is 0 Å². The average molecular weight is 292 g/mol. The Balaban J connectivity index is 5.31. The molecule has 0 saturated heterocycles. The molecule has 0 bridgehead atoms. The Morgan fingerprint density at radius 1 is 0.632 bits per heavy atom. The summed E-state index contributed by atoms with van der Waals surface area (Å²) >= 11 is 0. The molecule has 0 aromatic heterocycles. The molecule has 4 nitrogen and oxygen atoms in total. The van der Waals surface area contributed by atoms with Crippen molar-refractivity contribution in [3.8, 4) is 0 Å². The van der Waals surface area contributed by atoms with E-state index in [0.29, 0.717) is 0 Å². The molecule has 0 spiro atoms. The lowest BCUT2D eigenvalue weighted by Crippen LogP contribution is -2.58. The Bertz CT molecular complexity index is 236. The van der Waals surface area contributed by atoms with Gasteiger partial charge < -0.3 is 17.7 Å². The molecule has 0 unspecified atom stereocenters. The van der Waals surface area contributed by atoms with Crippen LogP contribution in [-0.4, -0.2) is 32.5 Å². The second-order valence-corrected chi connectivity index (χ2v) is 9.14. The average Bonchev–Trinajstić information content (AvgIpc) is 1.89. The molecule has 19 heavy (non-hydrogen) atoms. The minimum Gasteiger partial charge on any atom is -0.349 e. The summed E-state index contributed by atoms with van der Waals surface area (Å²) in [6.07, 6.45) is -0.0368.